The van der Waals surface area contributed by atoms with E-state index in [1.807, 2.05) is 36.4 Å². The highest BCUT2D eigenvalue weighted by Gasteiger charge is 2.28. The Kier molecular flexibility index (Phi) is 6.77. The van der Waals surface area contributed by atoms with Gasteiger partial charge in [-0.05, 0) is 29.8 Å². The van der Waals surface area contributed by atoms with Crippen molar-refractivity contribution in [3.05, 3.63) is 41.7 Å². The van der Waals surface area contributed by atoms with Gasteiger partial charge in [-0.3, -0.25) is 4.79 Å². The normalized spacial score (nSPS) is 12.4. The third-order valence-electron chi connectivity index (χ3n) is 3.59. The number of hydrogen-bond acceptors (Lipinski definition) is 7. The molecule has 2 rings (SSSR count). The molecular formula is C17H23N7O2. The summed E-state index contributed by atoms with van der Waals surface area (Å²) in [7, 11) is 0. The summed E-state index contributed by atoms with van der Waals surface area (Å²) in [5, 5.41) is 23.1. The number of aryl methyl sites for hydroxylation is 1. The van der Waals surface area contributed by atoms with Crippen molar-refractivity contribution in [2.24, 2.45) is 5.73 Å². The number of nitrogens with two attached hydrogens (primary N) is 1. The van der Waals surface area contributed by atoms with E-state index in [1.54, 1.807) is 13.8 Å². The third-order valence-corrected chi connectivity index (χ3v) is 3.59. The summed E-state index contributed by atoms with van der Waals surface area (Å²) >= 11 is 0. The van der Waals surface area contributed by atoms with Gasteiger partial charge in [-0.2, -0.15) is 5.26 Å². The van der Waals surface area contributed by atoms with E-state index in [-0.39, 0.29) is 18.9 Å². The maximum absolute atomic E-state index is 12.3. The molecule has 0 fully saturated rings. The number of amides is 1. The molecule has 0 bridgehead atoms. The Morgan fingerprint density at radius 2 is 2.15 bits per heavy atom. The van der Waals surface area contributed by atoms with Gasteiger partial charge in [0, 0.05) is 0 Å². The minimum Gasteiger partial charge on any atom is -0.374 e. The fraction of sp³-hybridized carbons (Fsp3) is 0.471. The van der Waals surface area contributed by atoms with Crippen LogP contribution in [0.5, 0.6) is 0 Å². The lowest BCUT2D eigenvalue weighted by molar-refractivity contribution is -0.126. The Morgan fingerprint density at radius 3 is 2.81 bits per heavy atom. The van der Waals surface area contributed by atoms with Crippen LogP contribution in [-0.2, 0) is 22.7 Å². The van der Waals surface area contributed by atoms with Crippen molar-refractivity contribution < 1.29 is 9.53 Å². The van der Waals surface area contributed by atoms with Crippen molar-refractivity contribution in [1.82, 2.24) is 25.5 Å². The van der Waals surface area contributed by atoms with Crippen LogP contribution in [0.4, 0.5) is 0 Å². The second-order valence-corrected chi connectivity index (χ2v) is 6.42. The number of nitrogens with one attached hydrogen (secondary N) is 1. The summed E-state index contributed by atoms with van der Waals surface area (Å²) in [5.74, 6) is 0.0755. The summed E-state index contributed by atoms with van der Waals surface area (Å²) in [6.45, 7) is 4.12. The van der Waals surface area contributed by atoms with Gasteiger partial charge in [0.2, 0.25) is 5.91 Å². The zero-order chi connectivity index (χ0) is 19.0. The lowest BCUT2D eigenvalue weighted by atomic mass is 10.1. The molecule has 1 aromatic heterocycles. The second-order valence-electron chi connectivity index (χ2n) is 6.42. The quantitative estimate of drug-likeness (QED) is 0.675. The van der Waals surface area contributed by atoms with Crippen molar-refractivity contribution in [3.63, 3.8) is 0 Å². The molecule has 0 aliphatic heterocycles. The van der Waals surface area contributed by atoms with Gasteiger partial charge in [-0.1, -0.05) is 30.3 Å². The highest BCUT2D eigenvalue weighted by molar-refractivity contribution is 5.85. The van der Waals surface area contributed by atoms with E-state index in [2.05, 4.69) is 20.8 Å². The molecule has 0 saturated heterocycles. The van der Waals surface area contributed by atoms with Crippen molar-refractivity contribution in [2.75, 3.05) is 6.61 Å². The maximum Gasteiger partial charge on any atom is 0.240 e. The van der Waals surface area contributed by atoms with Gasteiger partial charge in [0.1, 0.15) is 6.04 Å². The zero-order valence-corrected chi connectivity index (χ0v) is 14.9. The van der Waals surface area contributed by atoms with Gasteiger partial charge in [-0.15, -0.1) is 5.10 Å². The van der Waals surface area contributed by atoms with Gasteiger partial charge in [-0.25, -0.2) is 4.68 Å². The molecule has 9 heteroatoms. The molecule has 1 aromatic carbocycles. The molecule has 26 heavy (non-hydrogen) atoms. The fourth-order valence-corrected chi connectivity index (χ4v) is 2.17. The monoisotopic (exact) mass is 357 g/mol. The number of nitrogens with zero attached hydrogens (tertiary/aromatic N) is 5. The van der Waals surface area contributed by atoms with E-state index in [4.69, 9.17) is 15.7 Å². The largest absolute Gasteiger partial charge is 0.374 e. The molecule has 9 nitrogen and oxygen atoms in total. The number of aromatic nitrogens is 4. The van der Waals surface area contributed by atoms with Gasteiger partial charge < -0.3 is 15.8 Å². The first-order valence-electron chi connectivity index (χ1n) is 8.26. The van der Waals surface area contributed by atoms with E-state index >= 15 is 0 Å². The maximum atomic E-state index is 12.3. The fourth-order valence-electron chi connectivity index (χ4n) is 2.17. The van der Waals surface area contributed by atoms with E-state index in [1.165, 1.54) is 4.68 Å². The molecule has 0 aliphatic rings. The molecule has 0 aliphatic carbocycles. The lowest BCUT2D eigenvalue weighted by Crippen LogP contribution is -2.51. The number of nitriles is 1. The van der Waals surface area contributed by atoms with Crippen molar-refractivity contribution >= 4 is 5.91 Å². The predicted octanol–water partition coefficient (Wildman–Crippen LogP) is 0.698. The lowest BCUT2D eigenvalue weighted by Gasteiger charge is -2.23. The van der Waals surface area contributed by atoms with Gasteiger partial charge in [0.25, 0.3) is 0 Å². The smallest absolute Gasteiger partial charge is 0.240 e. The van der Waals surface area contributed by atoms with E-state index in [0.717, 1.165) is 5.56 Å². The van der Waals surface area contributed by atoms with Crippen LogP contribution >= 0.6 is 0 Å². The van der Waals surface area contributed by atoms with Crippen LogP contribution in [0.2, 0.25) is 0 Å². The Bertz CT molecular complexity index is 746. The first kappa shape index (κ1) is 19.5. The number of carbonyl (C=O) groups is 1. The Balaban J connectivity index is 2.10. The first-order chi connectivity index (χ1) is 12.4. The Labute approximate surface area is 152 Å². The number of benzene rings is 1. The molecule has 0 radical (unpaired) electrons. The molecule has 3 N–H and O–H groups in total. The standard InChI is InChI=1S/C17H23N7O2/c1-17(2,19)16(25)20-14(12-26-11-13-7-4-3-5-8-13)15-21-22-23-24(15)10-6-9-18/h3-5,7-8,14H,6,10-12,19H2,1-2H3,(H,20,25)/t14-/m1/s1. The van der Waals surface area contributed by atoms with Crippen LogP contribution in [0.1, 0.15) is 37.7 Å². The number of ether oxygens (including phenoxy) is 1. The van der Waals surface area contributed by atoms with Crippen LogP contribution in [-0.4, -0.2) is 38.3 Å². The zero-order valence-electron chi connectivity index (χ0n) is 14.9. The topological polar surface area (TPSA) is 132 Å². The molecule has 2 aromatic rings. The van der Waals surface area contributed by atoms with Crippen LogP contribution in [0.3, 0.4) is 0 Å². The van der Waals surface area contributed by atoms with Gasteiger partial charge >= 0.3 is 0 Å². The molecule has 0 unspecified atom stereocenters. The van der Waals surface area contributed by atoms with Crippen molar-refractivity contribution in [3.8, 4) is 6.07 Å². The molecular weight excluding hydrogens is 334 g/mol. The van der Waals surface area contributed by atoms with E-state index in [9.17, 15) is 4.79 Å². The third kappa shape index (κ3) is 5.61. The van der Waals surface area contributed by atoms with Crippen LogP contribution < -0.4 is 11.1 Å². The molecule has 0 saturated carbocycles. The SMILES string of the molecule is CC(C)(N)C(=O)N[C@H](COCc1ccccc1)c1nnnn1CCC#N. The van der Waals surface area contributed by atoms with Crippen molar-refractivity contribution in [2.45, 2.75) is 45.0 Å². The van der Waals surface area contributed by atoms with Crippen LogP contribution in [0.15, 0.2) is 30.3 Å². The van der Waals surface area contributed by atoms with Crippen LogP contribution in [0.25, 0.3) is 0 Å². The second kappa shape index (κ2) is 9.03. The number of carbonyl (C=O) groups excluding carboxylic acids is 1. The predicted molar refractivity (Wildman–Crippen MR) is 93.3 cm³/mol. The Hall–Kier alpha value is -2.83. The van der Waals surface area contributed by atoms with Crippen LogP contribution in [0, 0.1) is 11.3 Å². The molecule has 1 amide bonds. The minimum absolute atomic E-state index is 0.170. The summed E-state index contributed by atoms with van der Waals surface area (Å²) in [5.41, 5.74) is 5.83. The molecule has 1 atom stereocenters. The average molecular weight is 357 g/mol. The van der Waals surface area contributed by atoms with E-state index < -0.39 is 11.6 Å². The van der Waals surface area contributed by atoms with Gasteiger partial charge in [0.15, 0.2) is 5.82 Å². The number of rotatable bonds is 9. The first-order valence-corrected chi connectivity index (χ1v) is 8.26. The van der Waals surface area contributed by atoms with Crippen molar-refractivity contribution in [1.29, 1.82) is 5.26 Å². The minimum atomic E-state index is -1.05. The van der Waals surface area contributed by atoms with Gasteiger partial charge in [0.05, 0.1) is 37.8 Å². The summed E-state index contributed by atoms with van der Waals surface area (Å²) in [4.78, 5) is 12.3. The Morgan fingerprint density at radius 1 is 1.42 bits per heavy atom. The molecule has 1 heterocycles. The summed E-state index contributed by atoms with van der Waals surface area (Å²) in [6, 6.07) is 11.2. The number of tetrazole rings is 1. The highest BCUT2D eigenvalue weighted by atomic mass is 16.5. The summed E-state index contributed by atoms with van der Waals surface area (Å²) < 4.78 is 7.24. The molecule has 0 spiro atoms. The number of hydrogen-bond donors (Lipinski definition) is 2. The highest BCUT2D eigenvalue weighted by Crippen LogP contribution is 2.13. The van der Waals surface area contributed by atoms with E-state index in [0.29, 0.717) is 19.0 Å². The average Bonchev–Trinajstić information content (AvgIpc) is 3.07. The molecule has 138 valence electrons. The summed E-state index contributed by atoms with van der Waals surface area (Å²) in [6.07, 6.45) is 0.256.